The summed E-state index contributed by atoms with van der Waals surface area (Å²) in [6.07, 6.45) is 26.4. The number of unbranched alkanes of at least 4 members (excludes halogenated alkanes) is 15. The fraction of sp³-hybridized carbons (Fsp3) is 0.920. The second kappa shape index (κ2) is 22.3. The molecule has 0 rings (SSSR count). The third-order valence-electron chi connectivity index (χ3n) is 5.92. The lowest BCUT2D eigenvalue weighted by molar-refractivity contribution is -0.904. The van der Waals surface area contributed by atoms with E-state index in [1.165, 1.54) is 127 Å². The molecule has 1 atom stereocenters. The van der Waals surface area contributed by atoms with Crippen molar-refractivity contribution in [2.24, 2.45) is 0 Å². The van der Waals surface area contributed by atoms with Crippen molar-refractivity contribution in [3.63, 3.8) is 0 Å². The SMILES string of the molecule is C=CC[N+](C)(CCCCCCCCCC)CCCCCCCCCCC.[Cl-]. The van der Waals surface area contributed by atoms with E-state index in [4.69, 9.17) is 0 Å². The summed E-state index contributed by atoms with van der Waals surface area (Å²) in [4.78, 5) is 0. The number of rotatable bonds is 21. The Kier molecular flexibility index (Phi) is 24.1. The van der Waals surface area contributed by atoms with Gasteiger partial charge in [-0.3, -0.25) is 0 Å². The first-order chi connectivity index (χ1) is 12.7. The maximum Gasteiger partial charge on any atom is 0.0969 e. The number of halogens is 1. The van der Waals surface area contributed by atoms with Gasteiger partial charge in [0.05, 0.1) is 26.7 Å². The molecular weight excluding hydrogens is 350 g/mol. The number of hydrogen-bond acceptors (Lipinski definition) is 0. The quantitative estimate of drug-likeness (QED) is 0.139. The molecule has 1 unspecified atom stereocenters. The van der Waals surface area contributed by atoms with E-state index in [2.05, 4.69) is 33.6 Å². The highest BCUT2D eigenvalue weighted by atomic mass is 35.5. The minimum atomic E-state index is 0. The van der Waals surface area contributed by atoms with E-state index in [0.717, 1.165) is 6.54 Å². The van der Waals surface area contributed by atoms with Gasteiger partial charge in [-0.25, -0.2) is 0 Å². The molecular formula is C25H52ClN. The van der Waals surface area contributed by atoms with Crippen molar-refractivity contribution < 1.29 is 16.9 Å². The van der Waals surface area contributed by atoms with Crippen LogP contribution in [0.5, 0.6) is 0 Å². The van der Waals surface area contributed by atoms with Crippen LogP contribution >= 0.6 is 0 Å². The van der Waals surface area contributed by atoms with Crippen molar-refractivity contribution >= 4 is 0 Å². The Morgan fingerprint density at radius 1 is 0.556 bits per heavy atom. The standard InChI is InChI=1S/C25H52N.ClH/c1-5-8-10-12-14-16-18-20-22-25-26(4,23-7-3)24-21-19-17-15-13-11-9-6-2;/h7H,3,5-6,8-25H2,1-2,4H3;1H/q+1;/p-1. The molecule has 0 aliphatic carbocycles. The molecule has 0 radical (unpaired) electrons. The molecule has 0 spiro atoms. The average Bonchev–Trinajstić information content (AvgIpc) is 2.63. The van der Waals surface area contributed by atoms with E-state index in [9.17, 15) is 0 Å². The van der Waals surface area contributed by atoms with Crippen LogP contribution < -0.4 is 12.4 Å². The number of nitrogens with zero attached hydrogens (tertiary/aromatic N) is 1. The zero-order valence-corrected chi connectivity index (χ0v) is 20.0. The second-order valence-electron chi connectivity index (χ2n) is 8.84. The molecule has 0 fully saturated rings. The fourth-order valence-corrected chi connectivity index (χ4v) is 4.04. The second-order valence-corrected chi connectivity index (χ2v) is 8.84. The third-order valence-corrected chi connectivity index (χ3v) is 5.92. The Hall–Kier alpha value is -0.0100. The van der Waals surface area contributed by atoms with Gasteiger partial charge in [0, 0.05) is 0 Å². The molecule has 2 heteroatoms. The fourth-order valence-electron chi connectivity index (χ4n) is 4.04. The van der Waals surface area contributed by atoms with Crippen LogP contribution in [0.1, 0.15) is 123 Å². The summed E-state index contributed by atoms with van der Waals surface area (Å²) in [5, 5.41) is 0. The summed E-state index contributed by atoms with van der Waals surface area (Å²) < 4.78 is 1.22. The molecule has 0 aromatic heterocycles. The van der Waals surface area contributed by atoms with Crippen LogP contribution in [0.4, 0.5) is 0 Å². The molecule has 0 N–H and O–H groups in total. The maximum absolute atomic E-state index is 4.01. The van der Waals surface area contributed by atoms with Crippen LogP contribution in [0.15, 0.2) is 12.7 Å². The molecule has 0 aromatic carbocycles. The Morgan fingerprint density at radius 3 is 1.15 bits per heavy atom. The molecule has 0 aliphatic heterocycles. The van der Waals surface area contributed by atoms with E-state index in [-0.39, 0.29) is 12.4 Å². The Bertz CT molecular complexity index is 292. The molecule has 0 aliphatic rings. The summed E-state index contributed by atoms with van der Waals surface area (Å²) in [5.74, 6) is 0. The van der Waals surface area contributed by atoms with Crippen LogP contribution in [0.25, 0.3) is 0 Å². The smallest absolute Gasteiger partial charge is 0.0969 e. The highest BCUT2D eigenvalue weighted by Gasteiger charge is 2.18. The van der Waals surface area contributed by atoms with Gasteiger partial charge in [0.15, 0.2) is 0 Å². The first-order valence-corrected chi connectivity index (χ1v) is 12.1. The van der Waals surface area contributed by atoms with Crippen LogP contribution in [0.2, 0.25) is 0 Å². The van der Waals surface area contributed by atoms with E-state index in [1.807, 2.05) is 0 Å². The molecule has 0 saturated heterocycles. The molecule has 0 saturated carbocycles. The maximum atomic E-state index is 4.01. The summed E-state index contributed by atoms with van der Waals surface area (Å²) >= 11 is 0. The first kappa shape index (κ1) is 29.2. The minimum Gasteiger partial charge on any atom is -1.00 e. The predicted molar refractivity (Wildman–Crippen MR) is 121 cm³/mol. The normalized spacial score (nSPS) is 13.1. The summed E-state index contributed by atoms with van der Waals surface area (Å²) in [5.41, 5.74) is 0. The van der Waals surface area contributed by atoms with Gasteiger partial charge in [-0.05, 0) is 31.8 Å². The average molecular weight is 402 g/mol. The molecule has 0 amide bonds. The minimum absolute atomic E-state index is 0. The van der Waals surface area contributed by atoms with Crippen molar-refractivity contribution in [2.75, 3.05) is 26.7 Å². The van der Waals surface area contributed by atoms with E-state index >= 15 is 0 Å². The van der Waals surface area contributed by atoms with Gasteiger partial charge in [0.1, 0.15) is 0 Å². The van der Waals surface area contributed by atoms with Crippen LogP contribution in [-0.4, -0.2) is 31.2 Å². The van der Waals surface area contributed by atoms with Crippen molar-refractivity contribution in [3.05, 3.63) is 12.7 Å². The van der Waals surface area contributed by atoms with Crippen LogP contribution in [-0.2, 0) is 0 Å². The molecule has 1 nitrogen and oxygen atoms in total. The predicted octanol–water partition coefficient (Wildman–Crippen LogP) is 5.29. The van der Waals surface area contributed by atoms with Gasteiger partial charge in [-0.1, -0.05) is 104 Å². The van der Waals surface area contributed by atoms with Gasteiger partial charge >= 0.3 is 0 Å². The van der Waals surface area contributed by atoms with Crippen molar-refractivity contribution in [1.82, 2.24) is 0 Å². The number of hydrogen-bond donors (Lipinski definition) is 0. The van der Waals surface area contributed by atoms with Crippen LogP contribution in [0, 0.1) is 0 Å². The van der Waals surface area contributed by atoms with E-state index < -0.39 is 0 Å². The number of likely N-dealkylation sites (N-methyl/N-ethyl adjacent to an activating group) is 1. The van der Waals surface area contributed by atoms with Gasteiger partial charge in [0.2, 0.25) is 0 Å². The van der Waals surface area contributed by atoms with Crippen molar-refractivity contribution in [3.8, 4) is 0 Å². The topological polar surface area (TPSA) is 0 Å². The lowest BCUT2D eigenvalue weighted by Crippen LogP contribution is -3.00. The van der Waals surface area contributed by atoms with Crippen molar-refractivity contribution in [1.29, 1.82) is 0 Å². The summed E-state index contributed by atoms with van der Waals surface area (Å²) in [6, 6.07) is 0. The molecule has 27 heavy (non-hydrogen) atoms. The van der Waals surface area contributed by atoms with E-state index in [0.29, 0.717) is 0 Å². The Balaban J connectivity index is 0. The first-order valence-electron chi connectivity index (χ1n) is 12.1. The summed E-state index contributed by atoms with van der Waals surface area (Å²) in [6.45, 7) is 12.4. The monoisotopic (exact) mass is 401 g/mol. The van der Waals surface area contributed by atoms with Crippen molar-refractivity contribution in [2.45, 2.75) is 123 Å². The zero-order valence-electron chi connectivity index (χ0n) is 19.3. The zero-order chi connectivity index (χ0) is 19.3. The lowest BCUT2D eigenvalue weighted by atomic mass is 10.1. The molecule has 0 aromatic rings. The molecule has 0 heterocycles. The van der Waals surface area contributed by atoms with E-state index in [1.54, 1.807) is 0 Å². The van der Waals surface area contributed by atoms with Gasteiger partial charge < -0.3 is 16.9 Å². The highest BCUT2D eigenvalue weighted by Crippen LogP contribution is 2.15. The largest absolute Gasteiger partial charge is 1.00 e. The molecule has 0 bridgehead atoms. The lowest BCUT2D eigenvalue weighted by Gasteiger charge is -2.34. The Labute approximate surface area is 179 Å². The highest BCUT2D eigenvalue weighted by molar-refractivity contribution is 4.65. The van der Waals surface area contributed by atoms with Gasteiger partial charge in [-0.15, -0.1) is 0 Å². The van der Waals surface area contributed by atoms with Gasteiger partial charge in [0.25, 0.3) is 0 Å². The number of quaternary nitrogens is 1. The Morgan fingerprint density at radius 2 is 0.852 bits per heavy atom. The van der Waals surface area contributed by atoms with Gasteiger partial charge in [-0.2, -0.15) is 0 Å². The summed E-state index contributed by atoms with van der Waals surface area (Å²) in [7, 11) is 2.45. The van der Waals surface area contributed by atoms with Crippen LogP contribution in [0.3, 0.4) is 0 Å². The third kappa shape index (κ3) is 20.5. The molecule has 164 valence electrons.